The van der Waals surface area contributed by atoms with Crippen LogP contribution in [0.5, 0.6) is 0 Å². The average Bonchev–Trinajstić information content (AvgIpc) is 2.63. The summed E-state index contributed by atoms with van der Waals surface area (Å²) in [5.74, 6) is 2.04. The molecule has 7 heteroatoms. The fraction of sp³-hybridized carbons (Fsp3) is 0.632. The average molecular weight is 399 g/mol. The number of unbranched alkanes of at least 4 members (excludes halogenated alkanes) is 1. The first-order chi connectivity index (χ1) is 12.6. The van der Waals surface area contributed by atoms with Crippen LogP contribution in [0, 0.1) is 6.92 Å². The second-order valence-electron chi connectivity index (χ2n) is 6.16. The molecule has 0 unspecified atom stereocenters. The molecule has 146 valence electrons. The summed E-state index contributed by atoms with van der Waals surface area (Å²) in [6.45, 7) is 6.42. The Balaban J connectivity index is 1.90. The van der Waals surface area contributed by atoms with E-state index in [1.807, 2.05) is 12.4 Å². The molecule has 0 aliphatic rings. The Morgan fingerprint density at radius 3 is 2.04 bits per heavy atom. The molecule has 26 heavy (non-hydrogen) atoms. The highest BCUT2D eigenvalue weighted by Gasteiger charge is 2.04. The molecule has 0 aliphatic heterocycles. The van der Waals surface area contributed by atoms with Gasteiger partial charge in [-0.2, -0.15) is 0 Å². The number of carbonyl (C=O) groups excluding carboxylic acids is 2. The molecule has 1 aromatic heterocycles. The molecule has 1 rings (SSSR count). The third kappa shape index (κ3) is 12.2. The molecule has 0 aromatic carbocycles. The number of aryl methyl sites for hydroxylation is 2. The van der Waals surface area contributed by atoms with Crippen LogP contribution < -0.4 is 15.2 Å². The predicted molar refractivity (Wildman–Crippen MR) is 111 cm³/mol. The summed E-state index contributed by atoms with van der Waals surface area (Å²) < 4.78 is 2.10. The summed E-state index contributed by atoms with van der Waals surface area (Å²) in [7, 11) is 3.47. The van der Waals surface area contributed by atoms with E-state index in [2.05, 4.69) is 41.2 Å². The van der Waals surface area contributed by atoms with Crippen molar-refractivity contribution < 1.29 is 14.2 Å². The quantitative estimate of drug-likeness (QED) is 0.287. The van der Waals surface area contributed by atoms with Gasteiger partial charge in [-0.25, -0.2) is 4.57 Å². The first-order valence-electron chi connectivity index (χ1n) is 9.35. The van der Waals surface area contributed by atoms with Crippen molar-refractivity contribution in [2.75, 3.05) is 24.6 Å². The maximum Gasteiger partial charge on any atom is 0.220 e. The third-order valence-electron chi connectivity index (χ3n) is 3.73. The molecular formula is C19H32N3O2S2+. The minimum atomic E-state index is 0.117. The van der Waals surface area contributed by atoms with Crippen LogP contribution >= 0.6 is 21.6 Å². The number of hydrogen-bond acceptors (Lipinski definition) is 4. The van der Waals surface area contributed by atoms with Crippen LogP contribution in [0.25, 0.3) is 0 Å². The largest absolute Gasteiger partial charge is 0.355 e. The van der Waals surface area contributed by atoms with E-state index in [1.54, 1.807) is 21.6 Å². The molecule has 0 fully saturated rings. The molecule has 5 nitrogen and oxygen atoms in total. The first-order valence-corrected chi connectivity index (χ1v) is 11.8. The van der Waals surface area contributed by atoms with Crippen molar-refractivity contribution in [3.8, 4) is 0 Å². The summed E-state index contributed by atoms with van der Waals surface area (Å²) >= 11 is 0. The molecule has 2 amide bonds. The van der Waals surface area contributed by atoms with Crippen molar-refractivity contribution in [1.29, 1.82) is 0 Å². The molecule has 1 aromatic rings. The van der Waals surface area contributed by atoms with Gasteiger partial charge in [-0.15, -0.1) is 0 Å². The maximum atomic E-state index is 11.8. The van der Waals surface area contributed by atoms with Gasteiger partial charge in [0.15, 0.2) is 12.4 Å². The van der Waals surface area contributed by atoms with Crippen LogP contribution in [0.3, 0.4) is 0 Å². The second kappa shape index (κ2) is 14.9. The summed E-state index contributed by atoms with van der Waals surface area (Å²) in [6.07, 6.45) is 8.14. The van der Waals surface area contributed by atoms with E-state index in [9.17, 15) is 9.59 Å². The summed E-state index contributed by atoms with van der Waals surface area (Å²) in [5, 5.41) is 5.88. The first kappa shape index (κ1) is 22.8. The van der Waals surface area contributed by atoms with Crippen molar-refractivity contribution in [2.24, 2.45) is 0 Å². The normalized spacial score (nSPS) is 10.5. The van der Waals surface area contributed by atoms with Gasteiger partial charge < -0.3 is 10.6 Å². The number of carbonyl (C=O) groups is 2. The van der Waals surface area contributed by atoms with Crippen LogP contribution in [-0.2, 0) is 16.1 Å². The Hall–Kier alpha value is -1.21. The van der Waals surface area contributed by atoms with Gasteiger partial charge in [0.1, 0.15) is 6.54 Å². The molecule has 0 spiro atoms. The Kier molecular flexibility index (Phi) is 13.1. The lowest BCUT2D eigenvalue weighted by atomic mass is 10.2. The van der Waals surface area contributed by atoms with E-state index >= 15 is 0 Å². The van der Waals surface area contributed by atoms with Crippen LogP contribution in [0.4, 0.5) is 0 Å². The summed E-state index contributed by atoms with van der Waals surface area (Å²) in [6, 6.07) is 4.15. The highest BCUT2D eigenvalue weighted by atomic mass is 33.1. The van der Waals surface area contributed by atoms with Crippen LogP contribution in [0.15, 0.2) is 24.5 Å². The number of rotatable bonds is 14. The van der Waals surface area contributed by atoms with E-state index in [-0.39, 0.29) is 11.8 Å². The van der Waals surface area contributed by atoms with Crippen LogP contribution in [0.1, 0.15) is 44.6 Å². The highest BCUT2D eigenvalue weighted by Crippen LogP contribution is 2.19. The van der Waals surface area contributed by atoms with Gasteiger partial charge >= 0.3 is 0 Å². The van der Waals surface area contributed by atoms with E-state index in [0.29, 0.717) is 25.9 Å². The lowest BCUT2D eigenvalue weighted by Crippen LogP contribution is -2.34. The zero-order valence-corrected chi connectivity index (χ0v) is 17.6. The predicted octanol–water partition coefficient (Wildman–Crippen LogP) is 2.87. The number of pyridine rings is 1. The summed E-state index contributed by atoms with van der Waals surface area (Å²) in [5.41, 5.74) is 1.24. The van der Waals surface area contributed by atoms with Crippen LogP contribution in [-0.4, -0.2) is 36.4 Å². The van der Waals surface area contributed by atoms with E-state index in [4.69, 9.17) is 0 Å². The zero-order chi connectivity index (χ0) is 19.0. The molecular weight excluding hydrogens is 366 g/mol. The smallest absolute Gasteiger partial charge is 0.220 e. The van der Waals surface area contributed by atoms with Gasteiger partial charge in [0.05, 0.1) is 0 Å². The number of nitrogens with zero attached hydrogens (tertiary/aromatic N) is 1. The van der Waals surface area contributed by atoms with Gasteiger partial charge in [-0.05, 0) is 18.9 Å². The molecule has 0 radical (unpaired) electrons. The number of aromatic nitrogens is 1. The van der Waals surface area contributed by atoms with Crippen molar-refractivity contribution in [1.82, 2.24) is 10.6 Å². The minimum absolute atomic E-state index is 0.117. The SMILES string of the molecule is CCCCC(=O)NCCSSCCNC(=O)CCC[n+]1ccc(C)cc1. The molecule has 0 bridgehead atoms. The van der Waals surface area contributed by atoms with Crippen molar-refractivity contribution >= 4 is 33.4 Å². The monoisotopic (exact) mass is 398 g/mol. The Morgan fingerprint density at radius 1 is 0.962 bits per heavy atom. The standard InChI is InChI=1S/C19H31N3O2S2/c1-3-4-6-18(23)20-10-15-25-26-16-11-21-19(24)7-5-12-22-13-8-17(2)9-14-22/h8-9,13-14H,3-7,10-12,15-16H2,1-2H3,(H-,20,21,23,24)/p+1. The van der Waals surface area contributed by atoms with E-state index < -0.39 is 0 Å². The third-order valence-corrected chi connectivity index (χ3v) is 6.14. The molecule has 2 N–H and O–H groups in total. The van der Waals surface area contributed by atoms with Gasteiger partial charge in [-0.1, -0.05) is 34.9 Å². The number of amides is 2. The Morgan fingerprint density at radius 2 is 1.50 bits per heavy atom. The number of nitrogens with one attached hydrogen (secondary N) is 2. The number of hydrogen-bond donors (Lipinski definition) is 2. The topological polar surface area (TPSA) is 62.1 Å². The van der Waals surface area contributed by atoms with E-state index in [1.165, 1.54) is 5.56 Å². The molecule has 0 saturated heterocycles. The van der Waals surface area contributed by atoms with Crippen LogP contribution in [0.2, 0.25) is 0 Å². The molecule has 0 atom stereocenters. The van der Waals surface area contributed by atoms with Crippen molar-refractivity contribution in [3.63, 3.8) is 0 Å². The molecule has 0 aliphatic carbocycles. The highest BCUT2D eigenvalue weighted by molar-refractivity contribution is 8.76. The summed E-state index contributed by atoms with van der Waals surface area (Å²) in [4.78, 5) is 23.2. The Labute approximate surface area is 165 Å². The van der Waals surface area contributed by atoms with Crippen molar-refractivity contribution in [3.05, 3.63) is 30.1 Å². The zero-order valence-electron chi connectivity index (χ0n) is 16.0. The van der Waals surface area contributed by atoms with Crippen molar-refractivity contribution in [2.45, 2.75) is 52.5 Å². The van der Waals surface area contributed by atoms with Gasteiger partial charge in [-0.3, -0.25) is 9.59 Å². The van der Waals surface area contributed by atoms with Gasteiger partial charge in [0.2, 0.25) is 11.8 Å². The Bertz CT molecular complexity index is 524. The molecule has 0 saturated carbocycles. The van der Waals surface area contributed by atoms with Gasteiger partial charge in [0.25, 0.3) is 0 Å². The second-order valence-corrected chi connectivity index (χ2v) is 8.87. The molecule has 1 heterocycles. The van der Waals surface area contributed by atoms with E-state index in [0.717, 1.165) is 37.3 Å². The maximum absolute atomic E-state index is 11.8. The lowest BCUT2D eigenvalue weighted by molar-refractivity contribution is -0.697. The van der Waals surface area contributed by atoms with Gasteiger partial charge in [0, 0.05) is 56.0 Å². The fourth-order valence-electron chi connectivity index (χ4n) is 2.20. The fourth-order valence-corrected chi connectivity index (χ4v) is 4.01. The minimum Gasteiger partial charge on any atom is -0.355 e. The lowest BCUT2D eigenvalue weighted by Gasteiger charge is -2.05.